The lowest BCUT2D eigenvalue weighted by Crippen LogP contribution is -2.37. The van der Waals surface area contributed by atoms with E-state index in [1.165, 1.54) is 5.56 Å². The van der Waals surface area contributed by atoms with Crippen LogP contribution in [0, 0.1) is 0 Å². The van der Waals surface area contributed by atoms with E-state index >= 15 is 0 Å². The van der Waals surface area contributed by atoms with Crippen molar-refractivity contribution in [1.82, 2.24) is 4.90 Å². The minimum Gasteiger partial charge on any atom is -0.339 e. The van der Waals surface area contributed by atoms with Crippen molar-refractivity contribution in [3.8, 4) is 11.1 Å². The molecule has 1 heterocycles. The Morgan fingerprint density at radius 2 is 1.59 bits per heavy atom. The number of hydrogen-bond donors (Lipinski definition) is 2. The number of piperidine rings is 1. The van der Waals surface area contributed by atoms with E-state index < -0.39 is 9.93 Å². The molecule has 0 aliphatic carbocycles. The van der Waals surface area contributed by atoms with E-state index in [9.17, 15) is 9.00 Å². The maximum Gasteiger partial charge on any atom is 0.253 e. The molecule has 0 bridgehead atoms. The highest BCUT2D eigenvalue weighted by molar-refractivity contribution is 8.01. The maximum atomic E-state index is 13.2. The van der Waals surface area contributed by atoms with Crippen molar-refractivity contribution in [2.45, 2.75) is 30.2 Å². The predicted molar refractivity (Wildman–Crippen MR) is 134 cm³/mol. The Morgan fingerprint density at radius 1 is 0.938 bits per heavy atom. The number of nitrogens with zero attached hydrogens (tertiary/aromatic N) is 1. The predicted octanol–water partition coefficient (Wildman–Crippen LogP) is 4.47. The van der Waals surface area contributed by atoms with Gasteiger partial charge in [-0.05, 0) is 77.8 Å². The third-order valence-corrected chi connectivity index (χ3v) is 7.87. The number of thiol groups is 1. The van der Waals surface area contributed by atoms with E-state index in [2.05, 4.69) is 24.3 Å². The van der Waals surface area contributed by atoms with E-state index in [0.717, 1.165) is 47.5 Å². The van der Waals surface area contributed by atoms with Crippen molar-refractivity contribution in [1.29, 1.82) is 0 Å². The van der Waals surface area contributed by atoms with Gasteiger partial charge in [-0.2, -0.15) is 0 Å². The van der Waals surface area contributed by atoms with Gasteiger partial charge in [0.2, 0.25) is 0 Å². The van der Waals surface area contributed by atoms with Gasteiger partial charge in [0.25, 0.3) is 5.91 Å². The summed E-state index contributed by atoms with van der Waals surface area (Å²) >= 11 is 0. The van der Waals surface area contributed by atoms with Crippen LogP contribution in [0.1, 0.15) is 40.2 Å². The Labute approximate surface area is 191 Å². The number of nitrogens with two attached hydrogens (primary N) is 1. The van der Waals surface area contributed by atoms with Crippen molar-refractivity contribution in [2.75, 3.05) is 25.6 Å². The van der Waals surface area contributed by atoms with Gasteiger partial charge in [0.1, 0.15) is 0 Å². The molecule has 1 saturated heterocycles. The standard InChI is InChI=1S/C27H32N2O2S/c1-32(2,31)26-11-5-9-24(18-26)23-8-4-10-25(17-23)27(30)29-14-12-21(13-15-29)22-7-3-6-20(16-22)19-28/h3-11,16-18,21,32H,12-15,19,28H2,1-2H3. The number of carbonyl (C=O) groups is 1. The highest BCUT2D eigenvalue weighted by atomic mass is 32.2. The molecule has 1 aliphatic rings. The number of carbonyl (C=O) groups excluding carboxylic acids is 1. The van der Waals surface area contributed by atoms with E-state index in [1.54, 1.807) is 12.5 Å². The number of rotatable bonds is 5. The van der Waals surface area contributed by atoms with Crippen LogP contribution in [0.3, 0.4) is 0 Å². The first kappa shape index (κ1) is 22.4. The van der Waals surface area contributed by atoms with Gasteiger partial charge in [0.05, 0.1) is 0 Å². The molecule has 32 heavy (non-hydrogen) atoms. The number of hydrogen-bond acceptors (Lipinski definition) is 3. The summed E-state index contributed by atoms with van der Waals surface area (Å²) in [6.45, 7) is 2.06. The summed E-state index contributed by atoms with van der Waals surface area (Å²) in [5.74, 6) is 0.548. The summed E-state index contributed by atoms with van der Waals surface area (Å²) in [6, 6.07) is 24.1. The van der Waals surface area contributed by atoms with Crippen LogP contribution >= 0.6 is 0 Å². The van der Waals surface area contributed by atoms with Crippen LogP contribution in [-0.4, -0.2) is 40.6 Å². The second-order valence-corrected chi connectivity index (χ2v) is 12.2. The molecule has 1 aliphatic heterocycles. The van der Waals surface area contributed by atoms with Crippen molar-refractivity contribution in [3.63, 3.8) is 0 Å². The topological polar surface area (TPSA) is 63.4 Å². The first-order valence-corrected chi connectivity index (χ1v) is 13.8. The number of amides is 1. The van der Waals surface area contributed by atoms with Crippen LogP contribution in [0.4, 0.5) is 0 Å². The summed E-state index contributed by atoms with van der Waals surface area (Å²) in [4.78, 5) is 16.0. The molecule has 3 aromatic carbocycles. The van der Waals surface area contributed by atoms with Crippen LogP contribution in [0.5, 0.6) is 0 Å². The Hall–Kier alpha value is -2.76. The molecule has 1 fully saturated rings. The Bertz CT molecular complexity index is 1160. The normalized spacial score (nSPS) is 15.5. The fourth-order valence-electron chi connectivity index (χ4n) is 4.42. The Morgan fingerprint density at radius 3 is 2.28 bits per heavy atom. The van der Waals surface area contributed by atoms with Gasteiger partial charge in [-0.3, -0.25) is 9.00 Å². The maximum absolute atomic E-state index is 13.2. The van der Waals surface area contributed by atoms with Crippen molar-refractivity contribution < 1.29 is 9.00 Å². The zero-order valence-corrected chi connectivity index (χ0v) is 19.7. The van der Waals surface area contributed by atoms with Crippen LogP contribution in [-0.2, 0) is 16.5 Å². The summed E-state index contributed by atoms with van der Waals surface area (Å²) < 4.78 is 12.5. The lowest BCUT2D eigenvalue weighted by molar-refractivity contribution is 0.0713. The summed E-state index contributed by atoms with van der Waals surface area (Å²) in [6.07, 6.45) is 5.48. The van der Waals surface area contributed by atoms with Crippen LogP contribution in [0.15, 0.2) is 77.7 Å². The van der Waals surface area contributed by atoms with Crippen molar-refractivity contribution in [2.24, 2.45) is 5.73 Å². The third-order valence-electron chi connectivity index (χ3n) is 6.35. The quantitative estimate of drug-likeness (QED) is 0.566. The van der Waals surface area contributed by atoms with Crippen LogP contribution in [0.2, 0.25) is 0 Å². The number of likely N-dealkylation sites (tertiary alicyclic amines) is 1. The molecule has 0 unspecified atom stereocenters. The first-order valence-electron chi connectivity index (χ1n) is 11.2. The monoisotopic (exact) mass is 448 g/mol. The second-order valence-electron chi connectivity index (χ2n) is 9.00. The van der Waals surface area contributed by atoms with Gasteiger partial charge < -0.3 is 10.6 Å². The molecule has 4 rings (SSSR count). The van der Waals surface area contributed by atoms with E-state index in [0.29, 0.717) is 18.0 Å². The van der Waals surface area contributed by atoms with E-state index in [4.69, 9.17) is 5.73 Å². The van der Waals surface area contributed by atoms with Gasteiger partial charge in [-0.15, -0.1) is 0 Å². The molecule has 5 heteroatoms. The molecule has 4 nitrogen and oxygen atoms in total. The van der Waals surface area contributed by atoms with E-state index in [-0.39, 0.29) is 5.91 Å². The smallest absolute Gasteiger partial charge is 0.253 e. The van der Waals surface area contributed by atoms with Gasteiger partial charge in [0.15, 0.2) is 0 Å². The van der Waals surface area contributed by atoms with Crippen LogP contribution < -0.4 is 5.73 Å². The summed E-state index contributed by atoms with van der Waals surface area (Å²) in [7, 11) is -2.34. The zero-order valence-electron chi connectivity index (χ0n) is 18.8. The molecule has 0 atom stereocenters. The average Bonchev–Trinajstić information content (AvgIpc) is 2.83. The van der Waals surface area contributed by atoms with Crippen molar-refractivity contribution in [3.05, 3.63) is 89.5 Å². The lowest BCUT2D eigenvalue weighted by atomic mass is 9.88. The molecule has 0 spiro atoms. The van der Waals surface area contributed by atoms with Gasteiger partial charge in [-0.1, -0.05) is 58.5 Å². The molecule has 168 valence electrons. The van der Waals surface area contributed by atoms with E-state index in [1.807, 2.05) is 53.4 Å². The van der Waals surface area contributed by atoms with Gasteiger partial charge in [-0.25, -0.2) is 0 Å². The minimum atomic E-state index is -2.34. The molecule has 2 N–H and O–H groups in total. The van der Waals surface area contributed by atoms with Crippen molar-refractivity contribution >= 4 is 15.8 Å². The molecule has 1 amide bonds. The second kappa shape index (κ2) is 9.39. The molecular weight excluding hydrogens is 416 g/mol. The highest BCUT2D eigenvalue weighted by Crippen LogP contribution is 2.30. The molecular formula is C27H32N2O2S. The Balaban J connectivity index is 1.47. The fraction of sp³-hybridized carbons (Fsp3) is 0.296. The zero-order chi connectivity index (χ0) is 22.7. The molecule has 0 saturated carbocycles. The largest absolute Gasteiger partial charge is 0.339 e. The molecule has 0 radical (unpaired) electrons. The molecule has 3 aromatic rings. The lowest BCUT2D eigenvalue weighted by Gasteiger charge is -2.32. The average molecular weight is 449 g/mol. The van der Waals surface area contributed by atoms with Gasteiger partial charge in [0, 0.05) is 30.1 Å². The SMILES string of the molecule is C[SH](C)(=O)c1cccc(-c2cccc(C(=O)N3CCC(c4cccc(CN)c4)CC3)c2)c1. The summed E-state index contributed by atoms with van der Waals surface area (Å²) in [5, 5.41) is 0. The Kier molecular flexibility index (Phi) is 6.58. The number of benzene rings is 3. The minimum absolute atomic E-state index is 0.0776. The summed E-state index contributed by atoms with van der Waals surface area (Å²) in [5.41, 5.74) is 10.9. The third kappa shape index (κ3) is 5.00. The van der Waals surface area contributed by atoms with Crippen LogP contribution in [0.25, 0.3) is 11.1 Å². The first-order chi connectivity index (χ1) is 15.3. The molecule has 0 aromatic heterocycles. The van der Waals surface area contributed by atoms with Gasteiger partial charge >= 0.3 is 0 Å². The highest BCUT2D eigenvalue weighted by Gasteiger charge is 2.25. The fourth-order valence-corrected chi connectivity index (χ4v) is 5.32.